The summed E-state index contributed by atoms with van der Waals surface area (Å²) in [5.74, 6) is 0. The topological polar surface area (TPSA) is 22.0 Å². The van der Waals surface area contributed by atoms with Crippen LogP contribution in [0.3, 0.4) is 0 Å². The summed E-state index contributed by atoms with van der Waals surface area (Å²) in [7, 11) is 0. The molecule has 0 saturated heterocycles. The molecule has 0 fully saturated rings. The Kier molecular flexibility index (Phi) is 2.42. The number of hydrogen-bond acceptors (Lipinski definition) is 1. The van der Waals surface area contributed by atoms with E-state index in [0.29, 0.717) is 0 Å². The maximum Gasteiger partial charge on any atom is 0.150 e. The number of benzene rings is 1. The van der Waals surface area contributed by atoms with Crippen molar-refractivity contribution in [2.75, 3.05) is 0 Å². The van der Waals surface area contributed by atoms with Crippen LogP contribution in [0.15, 0.2) is 42.6 Å². The first-order valence-corrected chi connectivity index (χ1v) is 4.90. The van der Waals surface area contributed by atoms with Crippen molar-refractivity contribution in [2.24, 2.45) is 0 Å². The Balaban J connectivity index is 2.60. The third-order valence-electron chi connectivity index (χ3n) is 2.41. The minimum atomic E-state index is 0.743. The van der Waals surface area contributed by atoms with Crippen molar-refractivity contribution in [3.05, 3.63) is 48.2 Å². The van der Waals surface area contributed by atoms with Gasteiger partial charge in [0.25, 0.3) is 0 Å². The molecule has 76 valence electrons. The van der Waals surface area contributed by atoms with Crippen molar-refractivity contribution < 1.29 is 4.79 Å². The third-order valence-corrected chi connectivity index (χ3v) is 2.41. The maximum absolute atomic E-state index is 10.8. The molecular weight excluding hydrogens is 186 g/mol. The van der Waals surface area contributed by atoms with Gasteiger partial charge in [0.1, 0.15) is 0 Å². The minimum absolute atomic E-state index is 0.743. The summed E-state index contributed by atoms with van der Waals surface area (Å²) < 4.78 is 2.10. The van der Waals surface area contributed by atoms with Crippen molar-refractivity contribution in [2.45, 2.75) is 13.5 Å². The Morgan fingerprint density at radius 3 is 2.93 bits per heavy atom. The lowest BCUT2D eigenvalue weighted by atomic mass is 10.1. The second-order valence-electron chi connectivity index (χ2n) is 3.80. The molecule has 0 unspecified atom stereocenters. The third kappa shape index (κ3) is 1.71. The van der Waals surface area contributed by atoms with Crippen molar-refractivity contribution >= 4 is 17.2 Å². The smallest absolute Gasteiger partial charge is 0.150 e. The molecule has 0 N–H and O–H groups in total. The van der Waals surface area contributed by atoms with E-state index >= 15 is 0 Å². The molecule has 0 atom stereocenters. The van der Waals surface area contributed by atoms with Crippen LogP contribution in [0.2, 0.25) is 0 Å². The number of allylic oxidation sites excluding steroid dienone is 1. The molecule has 2 rings (SSSR count). The highest BCUT2D eigenvalue weighted by atomic mass is 16.1. The van der Waals surface area contributed by atoms with Gasteiger partial charge in [-0.3, -0.25) is 4.79 Å². The predicted molar refractivity (Wildman–Crippen MR) is 62.1 cm³/mol. The first-order chi connectivity index (χ1) is 7.22. The molecule has 2 nitrogen and oxygen atoms in total. The predicted octanol–water partition coefficient (Wildman–Crippen LogP) is 3.03. The van der Waals surface area contributed by atoms with Gasteiger partial charge in [0.15, 0.2) is 6.29 Å². The van der Waals surface area contributed by atoms with E-state index in [1.54, 1.807) is 0 Å². The Morgan fingerprint density at radius 1 is 1.47 bits per heavy atom. The molecule has 1 heterocycles. The van der Waals surface area contributed by atoms with Gasteiger partial charge >= 0.3 is 0 Å². The number of nitrogens with zero attached hydrogens (tertiary/aromatic N) is 1. The highest BCUT2D eigenvalue weighted by molar-refractivity contribution is 5.97. The molecule has 0 saturated carbocycles. The van der Waals surface area contributed by atoms with Crippen LogP contribution < -0.4 is 0 Å². The number of rotatable bonds is 3. The number of aldehydes is 1. The normalized spacial score (nSPS) is 10.5. The van der Waals surface area contributed by atoms with Gasteiger partial charge in [0.2, 0.25) is 0 Å². The Hall–Kier alpha value is -1.83. The monoisotopic (exact) mass is 199 g/mol. The molecule has 1 aromatic carbocycles. The second-order valence-corrected chi connectivity index (χ2v) is 3.80. The first kappa shape index (κ1) is 9.71. The molecule has 2 heteroatoms. The standard InChI is InChI=1S/C13H13NO/c1-10(2)8-14-7-6-12-11(9-15)4-3-5-13(12)14/h3-7,9H,1,8H2,2H3. The Morgan fingerprint density at radius 2 is 2.27 bits per heavy atom. The van der Waals surface area contributed by atoms with Crippen LogP contribution in [0.4, 0.5) is 0 Å². The van der Waals surface area contributed by atoms with Crippen LogP contribution in [-0.4, -0.2) is 10.9 Å². The second kappa shape index (κ2) is 3.73. The summed E-state index contributed by atoms with van der Waals surface area (Å²) in [6.45, 7) is 6.68. The van der Waals surface area contributed by atoms with E-state index in [4.69, 9.17) is 0 Å². The molecule has 15 heavy (non-hydrogen) atoms. The van der Waals surface area contributed by atoms with Crippen LogP contribution in [0.1, 0.15) is 17.3 Å². The fourth-order valence-corrected chi connectivity index (χ4v) is 1.78. The van der Waals surface area contributed by atoms with E-state index < -0.39 is 0 Å². The zero-order valence-electron chi connectivity index (χ0n) is 8.73. The molecule has 0 spiro atoms. The minimum Gasteiger partial charge on any atom is -0.343 e. The highest BCUT2D eigenvalue weighted by Gasteiger charge is 2.04. The average Bonchev–Trinajstić information content (AvgIpc) is 2.61. The molecule has 0 radical (unpaired) electrons. The number of carbonyl (C=O) groups excluding carboxylic acids is 1. The van der Waals surface area contributed by atoms with Gasteiger partial charge in [-0.1, -0.05) is 24.3 Å². The SMILES string of the molecule is C=C(C)Cn1ccc2c(C=O)cccc21. The maximum atomic E-state index is 10.8. The summed E-state index contributed by atoms with van der Waals surface area (Å²) in [6.07, 6.45) is 2.89. The van der Waals surface area contributed by atoms with Crippen molar-refractivity contribution in [3.63, 3.8) is 0 Å². The fraction of sp³-hybridized carbons (Fsp3) is 0.154. The van der Waals surface area contributed by atoms with Crippen LogP contribution in [0.25, 0.3) is 10.9 Å². The fourth-order valence-electron chi connectivity index (χ4n) is 1.78. The molecule has 0 aliphatic heterocycles. The van der Waals surface area contributed by atoms with Crippen LogP contribution in [0, 0.1) is 0 Å². The summed E-state index contributed by atoms with van der Waals surface area (Å²) >= 11 is 0. The van der Waals surface area contributed by atoms with Gasteiger partial charge in [-0.15, -0.1) is 0 Å². The van der Waals surface area contributed by atoms with E-state index in [2.05, 4.69) is 11.1 Å². The molecule has 0 aliphatic carbocycles. The molecule has 1 aromatic heterocycles. The molecule has 0 bridgehead atoms. The highest BCUT2D eigenvalue weighted by Crippen LogP contribution is 2.19. The summed E-state index contributed by atoms with van der Waals surface area (Å²) in [5.41, 5.74) is 2.93. The zero-order valence-corrected chi connectivity index (χ0v) is 8.73. The van der Waals surface area contributed by atoms with E-state index in [0.717, 1.165) is 34.9 Å². The number of fused-ring (bicyclic) bond motifs is 1. The average molecular weight is 199 g/mol. The summed E-state index contributed by atoms with van der Waals surface area (Å²) in [4.78, 5) is 10.8. The van der Waals surface area contributed by atoms with Crippen LogP contribution >= 0.6 is 0 Å². The van der Waals surface area contributed by atoms with Gasteiger partial charge in [0.05, 0.1) is 0 Å². The van der Waals surface area contributed by atoms with E-state index in [1.165, 1.54) is 0 Å². The Bertz CT molecular complexity index is 522. The summed E-state index contributed by atoms with van der Waals surface area (Å²) in [6, 6.07) is 7.73. The molecule has 0 amide bonds. The van der Waals surface area contributed by atoms with Crippen molar-refractivity contribution in [3.8, 4) is 0 Å². The van der Waals surface area contributed by atoms with Gasteiger partial charge < -0.3 is 4.57 Å². The first-order valence-electron chi connectivity index (χ1n) is 4.90. The molecular formula is C13H13NO. The van der Waals surface area contributed by atoms with E-state index in [-0.39, 0.29) is 0 Å². The quantitative estimate of drug-likeness (QED) is 0.550. The lowest BCUT2D eigenvalue weighted by Crippen LogP contribution is -1.96. The van der Waals surface area contributed by atoms with Gasteiger partial charge in [0, 0.05) is 29.2 Å². The van der Waals surface area contributed by atoms with Gasteiger partial charge in [-0.05, 0) is 19.1 Å². The zero-order chi connectivity index (χ0) is 10.8. The van der Waals surface area contributed by atoms with Crippen molar-refractivity contribution in [1.82, 2.24) is 4.57 Å². The lowest BCUT2D eigenvalue weighted by Gasteiger charge is -2.04. The molecule has 0 aliphatic rings. The van der Waals surface area contributed by atoms with Crippen LogP contribution in [-0.2, 0) is 6.54 Å². The van der Waals surface area contributed by atoms with E-state index in [1.807, 2.05) is 37.4 Å². The van der Waals surface area contributed by atoms with Gasteiger partial charge in [-0.25, -0.2) is 0 Å². The van der Waals surface area contributed by atoms with Crippen LogP contribution in [0.5, 0.6) is 0 Å². The number of aromatic nitrogens is 1. The number of hydrogen-bond donors (Lipinski definition) is 0. The lowest BCUT2D eigenvalue weighted by molar-refractivity contribution is 0.112. The van der Waals surface area contributed by atoms with Crippen molar-refractivity contribution in [1.29, 1.82) is 0 Å². The van der Waals surface area contributed by atoms with Gasteiger partial charge in [-0.2, -0.15) is 0 Å². The number of carbonyl (C=O) groups is 1. The Labute approximate surface area is 88.8 Å². The largest absolute Gasteiger partial charge is 0.343 e. The summed E-state index contributed by atoms with van der Waals surface area (Å²) in [5, 5.41) is 1.01. The van der Waals surface area contributed by atoms with E-state index in [9.17, 15) is 4.79 Å². The molecule has 2 aromatic rings.